The van der Waals surface area contributed by atoms with Crippen molar-refractivity contribution < 1.29 is 13.2 Å². The third-order valence-electron chi connectivity index (χ3n) is 4.71. The van der Waals surface area contributed by atoms with E-state index in [9.17, 15) is 13.2 Å². The van der Waals surface area contributed by atoms with E-state index in [4.69, 9.17) is 0 Å². The fourth-order valence-corrected chi connectivity index (χ4v) is 3.93. The number of hydrogen-bond acceptors (Lipinski definition) is 3. The average molecular weight is 403 g/mol. The number of anilines is 1. The summed E-state index contributed by atoms with van der Waals surface area (Å²) in [6.07, 6.45) is 1.90. The van der Waals surface area contributed by atoms with Gasteiger partial charge in [-0.05, 0) is 55.0 Å². The summed E-state index contributed by atoms with van der Waals surface area (Å²) < 4.78 is 25.8. The minimum absolute atomic E-state index is 0.158. The summed E-state index contributed by atoms with van der Waals surface area (Å²) in [6, 6.07) is 15.0. The number of sulfonamides is 1. The Morgan fingerprint density at radius 2 is 1.68 bits per heavy atom. The Kier molecular flexibility index (Phi) is 7.24. The van der Waals surface area contributed by atoms with Gasteiger partial charge in [0.1, 0.15) is 6.54 Å². The van der Waals surface area contributed by atoms with Gasteiger partial charge in [0, 0.05) is 0 Å². The van der Waals surface area contributed by atoms with Crippen LogP contribution >= 0.6 is 0 Å². The second-order valence-electron chi connectivity index (χ2n) is 7.70. The van der Waals surface area contributed by atoms with Crippen LogP contribution in [0.15, 0.2) is 48.5 Å². The molecule has 0 heterocycles. The number of amides is 1. The highest BCUT2D eigenvalue weighted by Crippen LogP contribution is 2.23. The molecule has 0 fully saturated rings. The van der Waals surface area contributed by atoms with Gasteiger partial charge in [-0.3, -0.25) is 9.10 Å². The minimum atomic E-state index is -3.59. The maximum Gasteiger partial charge on any atom is 0.241 e. The fourth-order valence-electron chi connectivity index (χ4n) is 3.09. The van der Waals surface area contributed by atoms with E-state index in [2.05, 4.69) is 19.2 Å². The summed E-state index contributed by atoms with van der Waals surface area (Å²) in [5.74, 6) is 0.0643. The number of nitrogens with one attached hydrogen (secondary N) is 1. The summed E-state index contributed by atoms with van der Waals surface area (Å²) in [4.78, 5) is 12.8. The molecule has 0 bridgehead atoms. The van der Waals surface area contributed by atoms with Crippen molar-refractivity contribution in [2.75, 3.05) is 17.1 Å². The third kappa shape index (κ3) is 6.09. The van der Waals surface area contributed by atoms with Gasteiger partial charge >= 0.3 is 0 Å². The van der Waals surface area contributed by atoms with Crippen molar-refractivity contribution in [1.29, 1.82) is 0 Å². The third-order valence-corrected chi connectivity index (χ3v) is 5.85. The molecule has 6 heteroatoms. The summed E-state index contributed by atoms with van der Waals surface area (Å²) in [7, 11) is -3.59. The molecule has 28 heavy (non-hydrogen) atoms. The lowest BCUT2D eigenvalue weighted by Crippen LogP contribution is -2.41. The molecule has 0 saturated heterocycles. The van der Waals surface area contributed by atoms with Gasteiger partial charge in [0.2, 0.25) is 15.9 Å². The number of carbonyl (C=O) groups excluding carboxylic acids is 1. The Balaban J connectivity index is 2.23. The standard InChI is InChI=1S/C22H30N2O3S/c1-16(2)13-21(19-9-7-6-8-10-19)23-22(25)15-24(28(5,26)27)20-12-11-17(3)18(4)14-20/h6-12,14,16,21H,13,15H2,1-5H3,(H,23,25)/t21-/m1/s1. The summed E-state index contributed by atoms with van der Waals surface area (Å²) in [5, 5.41) is 3.02. The van der Waals surface area contributed by atoms with E-state index in [0.29, 0.717) is 11.6 Å². The van der Waals surface area contributed by atoms with Gasteiger partial charge in [0.15, 0.2) is 0 Å². The highest BCUT2D eigenvalue weighted by Gasteiger charge is 2.23. The quantitative estimate of drug-likeness (QED) is 0.726. The van der Waals surface area contributed by atoms with Gasteiger partial charge in [-0.25, -0.2) is 8.42 Å². The zero-order valence-electron chi connectivity index (χ0n) is 17.3. The van der Waals surface area contributed by atoms with Crippen LogP contribution in [0.1, 0.15) is 43.0 Å². The van der Waals surface area contributed by atoms with Gasteiger partial charge < -0.3 is 5.32 Å². The van der Waals surface area contributed by atoms with Crippen molar-refractivity contribution in [3.8, 4) is 0 Å². The largest absolute Gasteiger partial charge is 0.348 e. The van der Waals surface area contributed by atoms with Crippen molar-refractivity contribution >= 4 is 21.6 Å². The summed E-state index contributed by atoms with van der Waals surface area (Å²) in [6.45, 7) is 7.84. The van der Waals surface area contributed by atoms with E-state index >= 15 is 0 Å². The molecule has 2 aromatic carbocycles. The van der Waals surface area contributed by atoms with Gasteiger partial charge in [-0.15, -0.1) is 0 Å². The van der Waals surface area contributed by atoms with Crippen LogP contribution in [0.4, 0.5) is 5.69 Å². The molecule has 152 valence electrons. The van der Waals surface area contributed by atoms with Crippen molar-refractivity contribution in [1.82, 2.24) is 5.32 Å². The number of carbonyl (C=O) groups is 1. The monoisotopic (exact) mass is 402 g/mol. The number of rotatable bonds is 8. The Morgan fingerprint density at radius 1 is 1.04 bits per heavy atom. The predicted octanol–water partition coefficient (Wildman–Crippen LogP) is 3.97. The molecular formula is C22H30N2O3S. The molecular weight excluding hydrogens is 372 g/mol. The van der Waals surface area contributed by atoms with E-state index in [-0.39, 0.29) is 18.5 Å². The highest BCUT2D eigenvalue weighted by molar-refractivity contribution is 7.92. The lowest BCUT2D eigenvalue weighted by atomic mass is 9.97. The molecule has 0 aliphatic heterocycles. The van der Waals surface area contributed by atoms with E-state index in [1.807, 2.05) is 50.2 Å². The first-order chi connectivity index (χ1) is 13.1. The molecule has 0 unspecified atom stereocenters. The Morgan fingerprint density at radius 3 is 2.21 bits per heavy atom. The van der Waals surface area contributed by atoms with E-state index < -0.39 is 10.0 Å². The van der Waals surface area contributed by atoms with Gasteiger partial charge in [0.25, 0.3) is 0 Å². The zero-order chi connectivity index (χ0) is 20.9. The second-order valence-corrected chi connectivity index (χ2v) is 9.61. The first-order valence-electron chi connectivity index (χ1n) is 9.47. The first-order valence-corrected chi connectivity index (χ1v) is 11.3. The van der Waals surface area contributed by atoms with E-state index in [1.54, 1.807) is 12.1 Å². The molecule has 1 atom stereocenters. The molecule has 0 spiro atoms. The normalized spacial score (nSPS) is 12.6. The van der Waals surface area contributed by atoms with Crippen LogP contribution in [0.25, 0.3) is 0 Å². The van der Waals surface area contributed by atoms with Crippen molar-refractivity contribution in [2.24, 2.45) is 5.92 Å². The highest BCUT2D eigenvalue weighted by atomic mass is 32.2. The predicted molar refractivity (Wildman–Crippen MR) is 115 cm³/mol. The van der Waals surface area contributed by atoms with Crippen molar-refractivity contribution in [3.63, 3.8) is 0 Å². The molecule has 1 N–H and O–H groups in total. The Hall–Kier alpha value is -2.34. The minimum Gasteiger partial charge on any atom is -0.348 e. The first kappa shape index (κ1) is 22.0. The van der Waals surface area contributed by atoms with Gasteiger partial charge in [-0.1, -0.05) is 50.2 Å². The lowest BCUT2D eigenvalue weighted by molar-refractivity contribution is -0.120. The van der Waals surface area contributed by atoms with E-state index in [1.165, 1.54) is 0 Å². The molecule has 0 radical (unpaired) electrons. The van der Waals surface area contributed by atoms with Crippen LogP contribution in [-0.4, -0.2) is 27.1 Å². The van der Waals surface area contributed by atoms with Crippen LogP contribution in [0, 0.1) is 19.8 Å². The number of hydrogen-bond donors (Lipinski definition) is 1. The molecule has 5 nitrogen and oxygen atoms in total. The van der Waals surface area contributed by atoms with Crippen LogP contribution in [0.5, 0.6) is 0 Å². The lowest BCUT2D eigenvalue weighted by Gasteiger charge is -2.25. The van der Waals surface area contributed by atoms with Gasteiger partial charge in [0.05, 0.1) is 18.0 Å². The topological polar surface area (TPSA) is 66.5 Å². The Labute approximate surface area is 168 Å². The number of aryl methyl sites for hydroxylation is 2. The maximum atomic E-state index is 12.8. The second kappa shape index (κ2) is 9.24. The molecule has 2 aromatic rings. The Bertz CT molecular complexity index is 909. The molecule has 0 aromatic heterocycles. The zero-order valence-corrected chi connectivity index (χ0v) is 18.1. The molecule has 0 aliphatic carbocycles. The average Bonchev–Trinajstić information content (AvgIpc) is 2.61. The van der Waals surface area contributed by atoms with Crippen LogP contribution in [-0.2, 0) is 14.8 Å². The smallest absolute Gasteiger partial charge is 0.241 e. The molecule has 0 saturated carbocycles. The maximum absolute atomic E-state index is 12.8. The fraction of sp³-hybridized carbons (Fsp3) is 0.409. The van der Waals surface area contributed by atoms with Crippen LogP contribution in [0.2, 0.25) is 0 Å². The van der Waals surface area contributed by atoms with Crippen molar-refractivity contribution in [2.45, 2.75) is 40.2 Å². The van der Waals surface area contributed by atoms with Gasteiger partial charge in [-0.2, -0.15) is 0 Å². The summed E-state index contributed by atoms with van der Waals surface area (Å²) in [5.41, 5.74) is 3.57. The number of nitrogens with zero attached hydrogens (tertiary/aromatic N) is 1. The molecule has 0 aliphatic rings. The summed E-state index contributed by atoms with van der Waals surface area (Å²) >= 11 is 0. The number of benzene rings is 2. The van der Waals surface area contributed by atoms with Crippen LogP contribution in [0.3, 0.4) is 0 Å². The van der Waals surface area contributed by atoms with Crippen molar-refractivity contribution in [3.05, 3.63) is 65.2 Å². The SMILES string of the molecule is Cc1ccc(N(CC(=O)N[C@H](CC(C)C)c2ccccc2)S(C)(=O)=O)cc1C. The molecule has 2 rings (SSSR count). The van der Waals surface area contributed by atoms with Crippen LogP contribution < -0.4 is 9.62 Å². The van der Waals surface area contributed by atoms with E-state index in [0.717, 1.165) is 33.7 Å². The molecule has 1 amide bonds.